The molecule has 0 aliphatic rings. The molecule has 0 bridgehead atoms. The van der Waals surface area contributed by atoms with Crippen molar-refractivity contribution in [3.63, 3.8) is 0 Å². The van der Waals surface area contributed by atoms with Gasteiger partial charge >= 0.3 is 5.97 Å². The van der Waals surface area contributed by atoms with Crippen molar-refractivity contribution < 1.29 is 9.90 Å². The van der Waals surface area contributed by atoms with Gasteiger partial charge in [-0.05, 0) is 25.2 Å². The molecule has 1 unspecified atom stereocenters. The molecule has 0 saturated heterocycles. The molecule has 1 aromatic rings. The van der Waals surface area contributed by atoms with Crippen molar-refractivity contribution in [2.75, 3.05) is 5.75 Å². The van der Waals surface area contributed by atoms with E-state index in [1.54, 1.807) is 11.8 Å². The second-order valence-electron chi connectivity index (χ2n) is 3.69. The zero-order valence-electron chi connectivity index (χ0n) is 9.51. The Bertz CT molecular complexity index is 365. The van der Waals surface area contributed by atoms with Gasteiger partial charge in [0.15, 0.2) is 0 Å². The summed E-state index contributed by atoms with van der Waals surface area (Å²) < 4.78 is 1.85. The molecule has 3 N–H and O–H groups in total. The van der Waals surface area contributed by atoms with Gasteiger partial charge in [-0.3, -0.25) is 9.48 Å². The van der Waals surface area contributed by atoms with Crippen LogP contribution in [0.5, 0.6) is 0 Å². The standard InChI is InChI=1S/C10H17N3O2S/c1-7-5-8(13(2)12-7)6-16-4-3-9(11)10(14)15/h5,9H,3-4,6,11H2,1-2H3,(H,14,15). The summed E-state index contributed by atoms with van der Waals surface area (Å²) in [6.07, 6.45) is 0.497. The second kappa shape index (κ2) is 5.91. The molecule has 0 radical (unpaired) electrons. The number of carboxylic acid groups (broad SMARTS) is 1. The topological polar surface area (TPSA) is 81.1 Å². The monoisotopic (exact) mass is 243 g/mol. The molecule has 1 aromatic heterocycles. The maximum absolute atomic E-state index is 10.5. The molecule has 0 amide bonds. The summed E-state index contributed by atoms with van der Waals surface area (Å²) in [7, 11) is 1.91. The van der Waals surface area contributed by atoms with Gasteiger partial charge in [0.05, 0.1) is 5.69 Å². The zero-order valence-corrected chi connectivity index (χ0v) is 10.3. The molecule has 1 rings (SSSR count). The van der Waals surface area contributed by atoms with E-state index in [1.165, 1.54) is 0 Å². The van der Waals surface area contributed by atoms with E-state index in [0.29, 0.717) is 6.42 Å². The molecule has 0 aliphatic heterocycles. The molecule has 1 atom stereocenters. The fourth-order valence-electron chi connectivity index (χ4n) is 1.31. The van der Waals surface area contributed by atoms with E-state index in [-0.39, 0.29) is 0 Å². The lowest BCUT2D eigenvalue weighted by Gasteiger charge is -2.05. The van der Waals surface area contributed by atoms with Crippen molar-refractivity contribution in [3.8, 4) is 0 Å². The number of carboxylic acids is 1. The first-order valence-corrected chi connectivity index (χ1v) is 6.22. The third-order valence-electron chi connectivity index (χ3n) is 2.24. The molecule has 0 fully saturated rings. The highest BCUT2D eigenvalue weighted by atomic mass is 32.2. The summed E-state index contributed by atoms with van der Waals surface area (Å²) in [5, 5.41) is 12.8. The Labute approximate surface area is 99.0 Å². The SMILES string of the molecule is Cc1cc(CSCCC(N)C(=O)O)n(C)n1. The van der Waals surface area contributed by atoms with Gasteiger partial charge in [-0.1, -0.05) is 0 Å². The number of hydrogen-bond acceptors (Lipinski definition) is 4. The van der Waals surface area contributed by atoms with Crippen LogP contribution >= 0.6 is 11.8 Å². The summed E-state index contributed by atoms with van der Waals surface area (Å²) in [5.74, 6) is 0.651. The quantitative estimate of drug-likeness (QED) is 0.721. The van der Waals surface area contributed by atoms with Gasteiger partial charge in [-0.2, -0.15) is 16.9 Å². The minimum Gasteiger partial charge on any atom is -0.480 e. The lowest BCUT2D eigenvalue weighted by molar-refractivity contribution is -0.138. The largest absolute Gasteiger partial charge is 0.480 e. The number of carbonyl (C=O) groups is 1. The molecular weight excluding hydrogens is 226 g/mol. The Hall–Kier alpha value is -1.01. The van der Waals surface area contributed by atoms with Crippen LogP contribution < -0.4 is 5.73 Å². The van der Waals surface area contributed by atoms with Gasteiger partial charge in [0.25, 0.3) is 0 Å². The lowest BCUT2D eigenvalue weighted by atomic mass is 10.2. The molecule has 90 valence electrons. The first-order valence-electron chi connectivity index (χ1n) is 5.06. The second-order valence-corrected chi connectivity index (χ2v) is 4.79. The van der Waals surface area contributed by atoms with E-state index in [4.69, 9.17) is 10.8 Å². The lowest BCUT2D eigenvalue weighted by Crippen LogP contribution is -2.30. The number of aromatic nitrogens is 2. The molecule has 6 heteroatoms. The fraction of sp³-hybridized carbons (Fsp3) is 0.600. The van der Waals surface area contributed by atoms with Crippen LogP contribution in [-0.2, 0) is 17.6 Å². The summed E-state index contributed by atoms with van der Waals surface area (Å²) >= 11 is 1.68. The number of rotatable bonds is 6. The molecule has 16 heavy (non-hydrogen) atoms. The number of thioether (sulfide) groups is 1. The van der Waals surface area contributed by atoms with E-state index in [0.717, 1.165) is 22.9 Å². The summed E-state index contributed by atoms with van der Waals surface area (Å²) in [6, 6.07) is 1.28. The van der Waals surface area contributed by atoms with Crippen LogP contribution in [0.3, 0.4) is 0 Å². The molecule has 1 heterocycles. The normalized spacial score (nSPS) is 12.7. The van der Waals surface area contributed by atoms with Crippen LogP contribution in [-0.4, -0.2) is 32.7 Å². The van der Waals surface area contributed by atoms with Crippen LogP contribution in [0.1, 0.15) is 17.8 Å². The minimum atomic E-state index is -0.933. The highest BCUT2D eigenvalue weighted by Crippen LogP contribution is 2.14. The maximum Gasteiger partial charge on any atom is 0.320 e. The Morgan fingerprint density at radius 2 is 2.44 bits per heavy atom. The van der Waals surface area contributed by atoms with Crippen molar-refractivity contribution in [1.29, 1.82) is 0 Å². The number of aryl methyl sites for hydroxylation is 2. The Kier molecular flexibility index (Phi) is 4.82. The number of nitrogens with two attached hydrogens (primary N) is 1. The van der Waals surface area contributed by atoms with Crippen LogP contribution in [0.2, 0.25) is 0 Å². The molecule has 0 aliphatic carbocycles. The number of nitrogens with zero attached hydrogens (tertiary/aromatic N) is 2. The number of aliphatic carboxylic acids is 1. The molecular formula is C10H17N3O2S. The van der Waals surface area contributed by atoms with Crippen molar-refractivity contribution >= 4 is 17.7 Å². The van der Waals surface area contributed by atoms with Gasteiger partial charge in [0.1, 0.15) is 6.04 Å². The first kappa shape index (κ1) is 13.1. The molecule has 0 aromatic carbocycles. The predicted octanol–water partition coefficient (Wildman–Crippen LogP) is 0.764. The van der Waals surface area contributed by atoms with Gasteiger partial charge in [-0.15, -0.1) is 0 Å². The average molecular weight is 243 g/mol. The van der Waals surface area contributed by atoms with E-state index >= 15 is 0 Å². The Balaban J connectivity index is 2.26. The zero-order chi connectivity index (χ0) is 12.1. The first-order chi connectivity index (χ1) is 7.50. The summed E-state index contributed by atoms with van der Waals surface area (Å²) in [4.78, 5) is 10.5. The van der Waals surface area contributed by atoms with E-state index in [9.17, 15) is 4.79 Å². The van der Waals surface area contributed by atoms with Gasteiger partial charge in [0.2, 0.25) is 0 Å². The Morgan fingerprint density at radius 3 is 2.94 bits per heavy atom. The van der Waals surface area contributed by atoms with Crippen LogP contribution in [0.25, 0.3) is 0 Å². The summed E-state index contributed by atoms with van der Waals surface area (Å²) in [5.41, 5.74) is 7.54. The minimum absolute atomic E-state index is 0.497. The maximum atomic E-state index is 10.5. The highest BCUT2D eigenvalue weighted by molar-refractivity contribution is 7.98. The molecule has 5 nitrogen and oxygen atoms in total. The van der Waals surface area contributed by atoms with Crippen molar-refractivity contribution in [2.45, 2.75) is 25.1 Å². The van der Waals surface area contributed by atoms with E-state index in [1.807, 2.05) is 24.7 Å². The Morgan fingerprint density at radius 1 is 1.75 bits per heavy atom. The van der Waals surface area contributed by atoms with Crippen LogP contribution in [0, 0.1) is 6.92 Å². The van der Waals surface area contributed by atoms with Gasteiger partial charge in [0, 0.05) is 18.5 Å². The average Bonchev–Trinajstić information content (AvgIpc) is 2.51. The van der Waals surface area contributed by atoms with E-state index in [2.05, 4.69) is 5.10 Å². The van der Waals surface area contributed by atoms with Crippen LogP contribution in [0.4, 0.5) is 0 Å². The molecule has 0 saturated carbocycles. The van der Waals surface area contributed by atoms with E-state index < -0.39 is 12.0 Å². The van der Waals surface area contributed by atoms with Crippen molar-refractivity contribution in [2.24, 2.45) is 12.8 Å². The molecule has 0 spiro atoms. The van der Waals surface area contributed by atoms with Crippen molar-refractivity contribution in [3.05, 3.63) is 17.5 Å². The van der Waals surface area contributed by atoms with Gasteiger partial charge < -0.3 is 10.8 Å². The van der Waals surface area contributed by atoms with Crippen LogP contribution in [0.15, 0.2) is 6.07 Å². The summed E-state index contributed by atoms with van der Waals surface area (Å²) in [6.45, 7) is 1.95. The third-order valence-corrected chi connectivity index (χ3v) is 3.26. The fourth-order valence-corrected chi connectivity index (χ4v) is 2.35. The smallest absolute Gasteiger partial charge is 0.320 e. The number of hydrogen-bond donors (Lipinski definition) is 2. The van der Waals surface area contributed by atoms with Gasteiger partial charge in [-0.25, -0.2) is 0 Å². The predicted molar refractivity (Wildman–Crippen MR) is 64.3 cm³/mol. The third kappa shape index (κ3) is 3.86. The van der Waals surface area contributed by atoms with Crippen molar-refractivity contribution in [1.82, 2.24) is 9.78 Å². The highest BCUT2D eigenvalue weighted by Gasteiger charge is 2.10.